The standard InChI is InChI=1S/C82H160O17P2/c1-7-10-12-14-16-18-20-22-24-25-26-27-28-30-34-39-43-47-55-61-66-81(86)98-77(70-92-79(84)64-58-52-45-41-37-35-31-32-36-40-44-50-56-62-74(4)5)72-96-100(88,89)94-68-76(83)69-95-101(90,91)97-73-78(71-93-80(85)65-59-53-49-48-51-57-63-75(6)9-3)99-82(87)67-60-54-46-42-38-33-29-23-21-19-17-15-13-11-8-2/h74-78,83H,7-73H2,1-6H3,(H,88,89)(H,90,91)/t75?,76-,77-,78-/m1/s1. The van der Waals surface area contributed by atoms with E-state index in [1.54, 1.807) is 0 Å². The fraction of sp³-hybridized carbons (Fsp3) is 0.951. The zero-order valence-corrected chi connectivity index (χ0v) is 68.0. The van der Waals surface area contributed by atoms with Crippen molar-refractivity contribution in [3.05, 3.63) is 0 Å². The molecule has 0 aromatic carbocycles. The Morgan fingerprint density at radius 1 is 0.287 bits per heavy atom. The van der Waals surface area contributed by atoms with Gasteiger partial charge >= 0.3 is 39.5 Å². The molecular formula is C82H160O17P2. The number of hydrogen-bond donors (Lipinski definition) is 3. The summed E-state index contributed by atoms with van der Waals surface area (Å²) in [6, 6.07) is 0. The van der Waals surface area contributed by atoms with Crippen LogP contribution >= 0.6 is 15.6 Å². The molecule has 0 rings (SSSR count). The Morgan fingerprint density at radius 2 is 0.505 bits per heavy atom. The van der Waals surface area contributed by atoms with Crippen molar-refractivity contribution >= 4 is 39.5 Å². The van der Waals surface area contributed by atoms with E-state index in [-0.39, 0.29) is 25.7 Å². The molecule has 0 bridgehead atoms. The second-order valence-electron chi connectivity index (χ2n) is 30.2. The van der Waals surface area contributed by atoms with Crippen LogP contribution in [-0.4, -0.2) is 96.7 Å². The minimum Gasteiger partial charge on any atom is -0.462 e. The van der Waals surface area contributed by atoms with Crippen molar-refractivity contribution in [2.75, 3.05) is 39.6 Å². The highest BCUT2D eigenvalue weighted by Crippen LogP contribution is 2.45. The molecule has 0 amide bonds. The Bertz CT molecular complexity index is 1940. The molecule has 6 atom stereocenters. The highest BCUT2D eigenvalue weighted by atomic mass is 31.2. The smallest absolute Gasteiger partial charge is 0.462 e. The first-order chi connectivity index (χ1) is 48.9. The van der Waals surface area contributed by atoms with Crippen molar-refractivity contribution < 1.29 is 80.2 Å². The molecule has 0 aliphatic rings. The zero-order valence-electron chi connectivity index (χ0n) is 66.2. The first-order valence-electron chi connectivity index (χ1n) is 42.5. The Morgan fingerprint density at radius 3 is 0.752 bits per heavy atom. The van der Waals surface area contributed by atoms with Gasteiger partial charge in [-0.1, -0.05) is 382 Å². The van der Waals surface area contributed by atoms with Crippen LogP contribution in [0.1, 0.15) is 433 Å². The highest BCUT2D eigenvalue weighted by Gasteiger charge is 2.30. The lowest BCUT2D eigenvalue weighted by Gasteiger charge is -2.21. The van der Waals surface area contributed by atoms with E-state index in [0.29, 0.717) is 25.7 Å². The van der Waals surface area contributed by atoms with Gasteiger partial charge in [-0.2, -0.15) is 0 Å². The minimum atomic E-state index is -4.96. The molecule has 0 spiro atoms. The number of aliphatic hydroxyl groups excluding tert-OH is 1. The number of unbranched alkanes of at least 4 members (excludes halogenated alkanes) is 50. The summed E-state index contributed by atoms with van der Waals surface area (Å²) in [7, 11) is -9.92. The van der Waals surface area contributed by atoms with Gasteiger partial charge in [0.2, 0.25) is 0 Å². The molecule has 0 saturated carbocycles. The Hall–Kier alpha value is -1.94. The van der Waals surface area contributed by atoms with Crippen LogP contribution < -0.4 is 0 Å². The van der Waals surface area contributed by atoms with Gasteiger partial charge in [0.1, 0.15) is 19.3 Å². The quantitative estimate of drug-likeness (QED) is 0.0222. The van der Waals surface area contributed by atoms with E-state index in [0.717, 1.165) is 108 Å². The van der Waals surface area contributed by atoms with E-state index in [9.17, 15) is 43.2 Å². The minimum absolute atomic E-state index is 0.107. The van der Waals surface area contributed by atoms with Crippen LogP contribution in [0.25, 0.3) is 0 Å². The first kappa shape index (κ1) is 99.1. The maximum Gasteiger partial charge on any atom is 0.472 e. The monoisotopic (exact) mass is 1480 g/mol. The van der Waals surface area contributed by atoms with Crippen LogP contribution in [0.3, 0.4) is 0 Å². The average molecular weight is 1480 g/mol. The Balaban J connectivity index is 5.24. The molecule has 19 heteroatoms. The molecule has 3 N–H and O–H groups in total. The van der Waals surface area contributed by atoms with E-state index >= 15 is 0 Å². The molecule has 3 unspecified atom stereocenters. The lowest BCUT2D eigenvalue weighted by atomic mass is 10.00. The molecule has 0 fully saturated rings. The van der Waals surface area contributed by atoms with E-state index in [2.05, 4.69) is 41.5 Å². The van der Waals surface area contributed by atoms with E-state index in [1.807, 2.05) is 0 Å². The molecule has 101 heavy (non-hydrogen) atoms. The molecule has 0 heterocycles. The SMILES string of the molecule is CCCCCCCCCCCCCCCCCCCCCCC(=O)O[C@H](COC(=O)CCCCCCCCCCCCCCCC(C)C)COP(=O)(O)OC[C@@H](O)COP(=O)(O)OC[C@@H](COC(=O)CCCCCCCCC(C)CC)OC(=O)CCCCCCCCCCCCCCCCC. The summed E-state index contributed by atoms with van der Waals surface area (Å²) in [6.45, 7) is 9.62. The van der Waals surface area contributed by atoms with Crippen molar-refractivity contribution in [2.24, 2.45) is 11.8 Å². The van der Waals surface area contributed by atoms with Gasteiger partial charge in [-0.05, 0) is 37.5 Å². The lowest BCUT2D eigenvalue weighted by molar-refractivity contribution is -0.161. The Kier molecular flexibility index (Phi) is 72.2. The molecule has 0 aliphatic carbocycles. The normalized spacial score (nSPS) is 14.2. The summed E-state index contributed by atoms with van der Waals surface area (Å²) >= 11 is 0. The molecular weight excluding hydrogens is 1320 g/mol. The number of carbonyl (C=O) groups is 4. The number of esters is 4. The Labute approximate surface area is 619 Å². The average Bonchev–Trinajstić information content (AvgIpc) is 0.939. The third-order valence-corrected chi connectivity index (χ3v) is 21.5. The van der Waals surface area contributed by atoms with Crippen LogP contribution in [0.4, 0.5) is 0 Å². The molecule has 0 aromatic rings. The maximum absolute atomic E-state index is 13.1. The van der Waals surface area contributed by atoms with Crippen LogP contribution in [0.15, 0.2) is 0 Å². The van der Waals surface area contributed by atoms with E-state index < -0.39 is 97.5 Å². The molecule has 600 valence electrons. The fourth-order valence-electron chi connectivity index (χ4n) is 12.7. The van der Waals surface area contributed by atoms with Crippen LogP contribution in [0, 0.1) is 11.8 Å². The van der Waals surface area contributed by atoms with Gasteiger partial charge in [-0.3, -0.25) is 37.3 Å². The largest absolute Gasteiger partial charge is 0.472 e. The first-order valence-corrected chi connectivity index (χ1v) is 45.5. The summed E-state index contributed by atoms with van der Waals surface area (Å²) in [5.74, 6) is -0.586. The van der Waals surface area contributed by atoms with Gasteiger partial charge < -0.3 is 33.8 Å². The third-order valence-electron chi connectivity index (χ3n) is 19.6. The van der Waals surface area contributed by atoms with E-state index in [4.69, 9.17) is 37.0 Å². The van der Waals surface area contributed by atoms with Gasteiger partial charge in [0.15, 0.2) is 12.2 Å². The number of hydrogen-bond acceptors (Lipinski definition) is 15. The molecule has 17 nitrogen and oxygen atoms in total. The molecule has 0 radical (unpaired) electrons. The summed E-state index contributed by atoms with van der Waals surface area (Å²) in [5, 5.41) is 10.6. The van der Waals surface area contributed by atoms with Crippen molar-refractivity contribution in [1.29, 1.82) is 0 Å². The van der Waals surface area contributed by atoms with Crippen molar-refractivity contribution in [3.63, 3.8) is 0 Å². The number of rotatable bonds is 81. The summed E-state index contributed by atoms with van der Waals surface area (Å²) in [6.07, 6.45) is 63.9. The highest BCUT2D eigenvalue weighted by molar-refractivity contribution is 7.47. The molecule has 0 aromatic heterocycles. The zero-order chi connectivity index (χ0) is 74.2. The van der Waals surface area contributed by atoms with E-state index in [1.165, 1.54) is 244 Å². The second-order valence-corrected chi connectivity index (χ2v) is 33.1. The van der Waals surface area contributed by atoms with Crippen molar-refractivity contribution in [1.82, 2.24) is 0 Å². The van der Waals surface area contributed by atoms with Gasteiger partial charge in [-0.15, -0.1) is 0 Å². The fourth-order valence-corrected chi connectivity index (χ4v) is 14.3. The van der Waals surface area contributed by atoms with Crippen molar-refractivity contribution in [3.8, 4) is 0 Å². The summed E-state index contributed by atoms with van der Waals surface area (Å²) in [4.78, 5) is 73.1. The van der Waals surface area contributed by atoms with Gasteiger partial charge in [-0.25, -0.2) is 9.13 Å². The van der Waals surface area contributed by atoms with Crippen LogP contribution in [0.2, 0.25) is 0 Å². The van der Waals surface area contributed by atoms with Crippen molar-refractivity contribution in [2.45, 2.75) is 452 Å². The number of aliphatic hydroxyl groups is 1. The maximum atomic E-state index is 13.1. The van der Waals surface area contributed by atoms with Gasteiger partial charge in [0.05, 0.1) is 26.4 Å². The summed E-state index contributed by atoms with van der Waals surface area (Å²) in [5.41, 5.74) is 0. The predicted octanol–water partition coefficient (Wildman–Crippen LogP) is 24.7. The van der Waals surface area contributed by atoms with Crippen LogP contribution in [0.5, 0.6) is 0 Å². The van der Waals surface area contributed by atoms with Crippen LogP contribution in [-0.2, 0) is 65.4 Å². The number of phosphoric acid groups is 2. The molecule has 0 aliphatic heterocycles. The second kappa shape index (κ2) is 73.6. The predicted molar refractivity (Wildman–Crippen MR) is 414 cm³/mol. The third kappa shape index (κ3) is 74.7. The lowest BCUT2D eigenvalue weighted by Crippen LogP contribution is -2.30. The number of ether oxygens (including phenoxy) is 4. The van der Waals surface area contributed by atoms with Gasteiger partial charge in [0.25, 0.3) is 0 Å². The van der Waals surface area contributed by atoms with Gasteiger partial charge in [0, 0.05) is 25.7 Å². The number of phosphoric ester groups is 2. The summed E-state index contributed by atoms with van der Waals surface area (Å²) < 4.78 is 68.8. The molecule has 0 saturated heterocycles. The number of carbonyl (C=O) groups excluding carboxylic acids is 4. The topological polar surface area (TPSA) is 237 Å².